The van der Waals surface area contributed by atoms with Crippen LogP contribution >= 0.6 is 0 Å². The number of amides is 3. The Morgan fingerprint density at radius 2 is 2.10 bits per heavy atom. The van der Waals surface area contributed by atoms with Gasteiger partial charge in [-0.1, -0.05) is 0 Å². The van der Waals surface area contributed by atoms with Crippen LogP contribution in [0.2, 0.25) is 0 Å². The van der Waals surface area contributed by atoms with Crippen LogP contribution in [0, 0.1) is 0 Å². The number of hydrogen-bond donors (Lipinski definition) is 3. The third kappa shape index (κ3) is 4.06. The van der Waals surface area contributed by atoms with Gasteiger partial charge in [0, 0.05) is 36.4 Å². The van der Waals surface area contributed by atoms with Crippen LogP contribution < -0.4 is 20.9 Å². The fourth-order valence-electron chi connectivity index (χ4n) is 3.72. The molecule has 1 aromatic carbocycles. The van der Waals surface area contributed by atoms with Crippen molar-refractivity contribution < 1.29 is 14.3 Å². The number of aromatic nitrogens is 2. The third-order valence-corrected chi connectivity index (χ3v) is 5.24. The van der Waals surface area contributed by atoms with E-state index in [1.54, 1.807) is 12.1 Å². The van der Waals surface area contributed by atoms with Crippen LogP contribution in [0.25, 0.3) is 11.4 Å². The highest BCUT2D eigenvalue weighted by Crippen LogP contribution is 2.30. The maximum absolute atomic E-state index is 12.5. The quantitative estimate of drug-likeness (QED) is 0.709. The molecule has 9 heteroatoms. The lowest BCUT2D eigenvalue weighted by Gasteiger charge is -2.36. The molecule has 30 heavy (non-hydrogen) atoms. The Balaban J connectivity index is 1.70. The molecule has 158 valence electrons. The molecule has 0 aliphatic carbocycles. The maximum Gasteiger partial charge on any atom is 0.319 e. The predicted molar refractivity (Wildman–Crippen MR) is 114 cm³/mol. The van der Waals surface area contributed by atoms with Crippen molar-refractivity contribution in [1.29, 1.82) is 0 Å². The van der Waals surface area contributed by atoms with E-state index in [0.29, 0.717) is 49.9 Å². The summed E-state index contributed by atoms with van der Waals surface area (Å²) < 4.78 is 5.57. The van der Waals surface area contributed by atoms with Gasteiger partial charge in [-0.05, 0) is 44.5 Å². The van der Waals surface area contributed by atoms with Crippen molar-refractivity contribution in [3.05, 3.63) is 35.5 Å². The Morgan fingerprint density at radius 3 is 2.83 bits per heavy atom. The Hall–Kier alpha value is -3.20. The van der Waals surface area contributed by atoms with Gasteiger partial charge in [-0.2, -0.15) is 0 Å². The standard InChI is InChI=1S/C21H26N6O3/c1-3-22-21(29)24-15-6-4-14(5-7-15)18-25-17-16(8-9-23-20(17)28)19(26-18)27-10-11-30-12-13(27)2/h4-7,13H,3,8-12H2,1-2H3,(H,23,28)(H2,22,24,29). The largest absolute Gasteiger partial charge is 0.377 e. The zero-order chi connectivity index (χ0) is 21.1. The number of nitrogens with zero attached hydrogens (tertiary/aromatic N) is 3. The van der Waals surface area contributed by atoms with Gasteiger partial charge < -0.3 is 25.6 Å². The molecule has 0 saturated carbocycles. The number of ether oxygens (including phenoxy) is 1. The van der Waals surface area contributed by atoms with Crippen LogP contribution in [-0.4, -0.2) is 60.8 Å². The zero-order valence-corrected chi connectivity index (χ0v) is 17.2. The van der Waals surface area contributed by atoms with Gasteiger partial charge in [0.2, 0.25) is 0 Å². The van der Waals surface area contributed by atoms with E-state index in [0.717, 1.165) is 23.5 Å². The van der Waals surface area contributed by atoms with Crippen LogP contribution in [0.15, 0.2) is 24.3 Å². The van der Waals surface area contributed by atoms with Crippen molar-refractivity contribution >= 4 is 23.4 Å². The van der Waals surface area contributed by atoms with Crippen molar-refractivity contribution in [2.24, 2.45) is 0 Å². The molecular formula is C21H26N6O3. The van der Waals surface area contributed by atoms with E-state index in [1.807, 2.05) is 19.1 Å². The minimum absolute atomic E-state index is 0.166. The summed E-state index contributed by atoms with van der Waals surface area (Å²) in [4.78, 5) is 35.9. The summed E-state index contributed by atoms with van der Waals surface area (Å²) in [6.45, 7) is 7.07. The average molecular weight is 410 g/mol. The normalized spacial score (nSPS) is 18.4. The molecule has 1 atom stereocenters. The number of carbonyl (C=O) groups is 2. The molecule has 1 aromatic heterocycles. The van der Waals surface area contributed by atoms with Crippen molar-refractivity contribution in [1.82, 2.24) is 20.6 Å². The van der Waals surface area contributed by atoms with Gasteiger partial charge in [-0.15, -0.1) is 0 Å². The van der Waals surface area contributed by atoms with Crippen LogP contribution in [0.5, 0.6) is 0 Å². The summed E-state index contributed by atoms with van der Waals surface area (Å²) in [7, 11) is 0. The number of nitrogens with one attached hydrogen (secondary N) is 3. The second kappa shape index (κ2) is 8.66. The van der Waals surface area contributed by atoms with E-state index < -0.39 is 0 Å². The molecule has 3 heterocycles. The molecule has 9 nitrogen and oxygen atoms in total. The number of urea groups is 1. The van der Waals surface area contributed by atoms with Crippen LogP contribution in [0.1, 0.15) is 29.9 Å². The first-order valence-corrected chi connectivity index (χ1v) is 10.3. The minimum atomic E-state index is -0.254. The lowest BCUT2D eigenvalue weighted by atomic mass is 10.0. The Labute approximate surface area is 175 Å². The molecule has 1 fully saturated rings. The van der Waals surface area contributed by atoms with Gasteiger partial charge >= 0.3 is 6.03 Å². The first kappa shape index (κ1) is 20.1. The van der Waals surface area contributed by atoms with Crippen molar-refractivity contribution in [2.45, 2.75) is 26.3 Å². The van der Waals surface area contributed by atoms with E-state index >= 15 is 0 Å². The van der Waals surface area contributed by atoms with Gasteiger partial charge in [-0.3, -0.25) is 4.79 Å². The fourth-order valence-corrected chi connectivity index (χ4v) is 3.72. The maximum atomic E-state index is 12.5. The molecule has 2 aliphatic heterocycles. The molecular weight excluding hydrogens is 384 g/mol. The summed E-state index contributed by atoms with van der Waals surface area (Å²) in [5, 5.41) is 8.34. The second-order valence-corrected chi connectivity index (χ2v) is 7.38. The summed E-state index contributed by atoms with van der Waals surface area (Å²) in [6, 6.07) is 7.19. The van der Waals surface area contributed by atoms with Crippen LogP contribution in [0.4, 0.5) is 16.3 Å². The Bertz CT molecular complexity index is 947. The van der Waals surface area contributed by atoms with Gasteiger partial charge in [0.25, 0.3) is 5.91 Å². The molecule has 2 aromatic rings. The van der Waals surface area contributed by atoms with E-state index in [4.69, 9.17) is 9.72 Å². The third-order valence-electron chi connectivity index (χ3n) is 5.24. The van der Waals surface area contributed by atoms with Gasteiger partial charge in [0.15, 0.2) is 5.82 Å². The SMILES string of the molecule is CCNC(=O)Nc1ccc(-c2nc3c(c(N4CCOCC4C)n2)CCNC3=O)cc1. The van der Waals surface area contributed by atoms with Crippen molar-refractivity contribution in [3.63, 3.8) is 0 Å². The molecule has 0 radical (unpaired) electrons. The van der Waals surface area contributed by atoms with Crippen molar-refractivity contribution in [2.75, 3.05) is 43.1 Å². The molecule has 0 spiro atoms. The summed E-state index contributed by atoms with van der Waals surface area (Å²) in [5.74, 6) is 1.13. The lowest BCUT2D eigenvalue weighted by molar-refractivity contribution is 0.0938. The number of benzene rings is 1. The number of rotatable bonds is 4. The van der Waals surface area contributed by atoms with Crippen LogP contribution in [-0.2, 0) is 11.2 Å². The van der Waals surface area contributed by atoms with E-state index in [9.17, 15) is 9.59 Å². The van der Waals surface area contributed by atoms with Gasteiger partial charge in [-0.25, -0.2) is 14.8 Å². The smallest absolute Gasteiger partial charge is 0.319 e. The summed E-state index contributed by atoms with van der Waals surface area (Å²) in [5.41, 5.74) is 2.78. The molecule has 3 amide bonds. The number of hydrogen-bond acceptors (Lipinski definition) is 6. The summed E-state index contributed by atoms with van der Waals surface area (Å²) >= 11 is 0. The monoisotopic (exact) mass is 410 g/mol. The second-order valence-electron chi connectivity index (χ2n) is 7.38. The van der Waals surface area contributed by atoms with E-state index in [1.165, 1.54) is 0 Å². The average Bonchev–Trinajstić information content (AvgIpc) is 2.75. The molecule has 1 saturated heterocycles. The Kier molecular flexibility index (Phi) is 5.80. The van der Waals surface area contributed by atoms with E-state index in [2.05, 4.69) is 32.8 Å². The number of carbonyl (C=O) groups excluding carboxylic acids is 2. The minimum Gasteiger partial charge on any atom is -0.377 e. The molecule has 3 N–H and O–H groups in total. The first-order valence-electron chi connectivity index (χ1n) is 10.3. The topological polar surface area (TPSA) is 108 Å². The fraction of sp³-hybridized carbons (Fsp3) is 0.429. The van der Waals surface area contributed by atoms with Gasteiger partial charge in [0.1, 0.15) is 11.5 Å². The summed E-state index contributed by atoms with van der Waals surface area (Å²) in [6.07, 6.45) is 0.705. The van der Waals surface area contributed by atoms with Crippen molar-refractivity contribution in [3.8, 4) is 11.4 Å². The molecule has 0 bridgehead atoms. The highest BCUT2D eigenvalue weighted by Gasteiger charge is 2.29. The van der Waals surface area contributed by atoms with Crippen LogP contribution in [0.3, 0.4) is 0 Å². The predicted octanol–water partition coefficient (Wildman–Crippen LogP) is 1.80. The zero-order valence-electron chi connectivity index (χ0n) is 17.2. The molecule has 4 rings (SSSR count). The highest BCUT2D eigenvalue weighted by molar-refractivity contribution is 5.96. The number of fused-ring (bicyclic) bond motifs is 1. The molecule has 1 unspecified atom stereocenters. The highest BCUT2D eigenvalue weighted by atomic mass is 16.5. The van der Waals surface area contributed by atoms with E-state index in [-0.39, 0.29) is 18.0 Å². The Morgan fingerprint density at radius 1 is 1.30 bits per heavy atom. The number of anilines is 2. The molecule has 2 aliphatic rings. The first-order chi connectivity index (χ1) is 14.6. The number of morpholine rings is 1. The lowest BCUT2D eigenvalue weighted by Crippen LogP contribution is -2.45. The van der Waals surface area contributed by atoms with Gasteiger partial charge in [0.05, 0.1) is 19.3 Å².